The second-order valence-electron chi connectivity index (χ2n) is 3.97. The minimum Gasteiger partial charge on any atom is -0.609 e. The molecule has 1 unspecified atom stereocenters. The highest BCUT2D eigenvalue weighted by molar-refractivity contribution is 7.90. The first-order valence-electron chi connectivity index (χ1n) is 5.79. The van der Waals surface area contributed by atoms with Gasteiger partial charge in [-0.25, -0.2) is 4.98 Å². The Labute approximate surface area is 118 Å². The largest absolute Gasteiger partial charge is 0.609 e. The van der Waals surface area contributed by atoms with Crippen molar-refractivity contribution in [1.29, 1.82) is 0 Å². The molecular formula is C13H10N4O2S. The van der Waals surface area contributed by atoms with Crippen LogP contribution in [0, 0.1) is 0 Å². The zero-order valence-corrected chi connectivity index (χ0v) is 11.4. The minimum atomic E-state index is -1.23. The normalized spacial score (nSPS) is 12.3. The Kier molecular flexibility index (Phi) is 3.44. The summed E-state index contributed by atoms with van der Waals surface area (Å²) in [5, 5.41) is 4.14. The van der Waals surface area contributed by atoms with Crippen molar-refractivity contribution in [1.82, 2.24) is 20.1 Å². The predicted octanol–water partition coefficient (Wildman–Crippen LogP) is 1.93. The third kappa shape index (κ3) is 2.54. The first-order valence-corrected chi connectivity index (χ1v) is 7.34. The molecule has 0 aliphatic rings. The van der Waals surface area contributed by atoms with Crippen LogP contribution in [0.25, 0.3) is 22.8 Å². The van der Waals surface area contributed by atoms with Gasteiger partial charge in [0.05, 0.1) is 17.1 Å². The van der Waals surface area contributed by atoms with Crippen LogP contribution in [-0.2, 0) is 11.2 Å². The maximum absolute atomic E-state index is 11.4. The topological polar surface area (TPSA) is 87.8 Å². The highest BCUT2D eigenvalue weighted by atomic mass is 32.2. The first kappa shape index (κ1) is 12.8. The van der Waals surface area contributed by atoms with Crippen LogP contribution in [0.3, 0.4) is 0 Å². The van der Waals surface area contributed by atoms with Gasteiger partial charge in [-0.2, -0.15) is 9.97 Å². The lowest BCUT2D eigenvalue weighted by Gasteiger charge is -2.04. The van der Waals surface area contributed by atoms with Crippen LogP contribution >= 0.6 is 0 Å². The average molecular weight is 286 g/mol. The lowest BCUT2D eigenvalue weighted by Crippen LogP contribution is -2.04. The summed E-state index contributed by atoms with van der Waals surface area (Å²) in [4.78, 5) is 12.7. The van der Waals surface area contributed by atoms with E-state index in [-0.39, 0.29) is 5.16 Å². The number of hydrogen-bond acceptors (Lipinski definition) is 6. The molecule has 6 nitrogen and oxygen atoms in total. The van der Waals surface area contributed by atoms with Crippen molar-refractivity contribution < 1.29 is 9.08 Å². The molecule has 3 rings (SSSR count). The van der Waals surface area contributed by atoms with Crippen LogP contribution in [0.2, 0.25) is 0 Å². The van der Waals surface area contributed by atoms with Gasteiger partial charge in [-0.15, -0.1) is 0 Å². The highest BCUT2D eigenvalue weighted by Gasteiger charge is 2.12. The minimum absolute atomic E-state index is 0.288. The summed E-state index contributed by atoms with van der Waals surface area (Å²) >= 11 is -1.23. The molecule has 7 heteroatoms. The Balaban J connectivity index is 2.02. The quantitative estimate of drug-likeness (QED) is 0.540. The van der Waals surface area contributed by atoms with Crippen molar-refractivity contribution in [3.63, 3.8) is 0 Å². The Hall–Kier alpha value is -2.25. The van der Waals surface area contributed by atoms with E-state index in [4.69, 9.17) is 4.52 Å². The van der Waals surface area contributed by atoms with Crippen molar-refractivity contribution in [3.05, 3.63) is 42.8 Å². The summed E-state index contributed by atoms with van der Waals surface area (Å²) in [5.41, 5.74) is 2.63. The van der Waals surface area contributed by atoms with Crippen molar-refractivity contribution >= 4 is 11.2 Å². The molecule has 0 aliphatic carbocycles. The standard InChI is InChI=1S/C13H10N4O2S/c1-20(18)13-14-7-5-11(16-13)9-3-2-4-10(15-9)12-6-8-19-17-12/h2-8H,1H3. The molecule has 0 fully saturated rings. The molecule has 0 bridgehead atoms. The average Bonchev–Trinajstić information content (AvgIpc) is 3.02. The number of pyridine rings is 1. The molecule has 100 valence electrons. The lowest BCUT2D eigenvalue weighted by molar-refractivity contribution is 0.422. The van der Waals surface area contributed by atoms with Gasteiger partial charge >= 0.3 is 5.16 Å². The molecule has 3 aromatic heterocycles. The molecule has 0 aromatic carbocycles. The molecule has 0 N–H and O–H groups in total. The van der Waals surface area contributed by atoms with Gasteiger partial charge in [0.15, 0.2) is 0 Å². The Morgan fingerprint density at radius 1 is 1.00 bits per heavy atom. The highest BCUT2D eigenvalue weighted by Crippen LogP contribution is 2.20. The SMILES string of the molecule is C[S+]([O-])c1nccc(-c2cccc(-c3ccon3)n2)n1. The van der Waals surface area contributed by atoms with E-state index in [1.54, 1.807) is 24.6 Å². The maximum atomic E-state index is 11.4. The van der Waals surface area contributed by atoms with Gasteiger partial charge in [-0.05, 0) is 18.2 Å². The Bertz CT molecular complexity index is 716. The van der Waals surface area contributed by atoms with Gasteiger partial charge in [0.25, 0.3) is 0 Å². The second kappa shape index (κ2) is 5.40. The van der Waals surface area contributed by atoms with Gasteiger partial charge in [0.1, 0.15) is 18.2 Å². The van der Waals surface area contributed by atoms with Crippen LogP contribution < -0.4 is 0 Å². The van der Waals surface area contributed by atoms with Gasteiger partial charge in [0, 0.05) is 23.4 Å². The summed E-state index contributed by atoms with van der Waals surface area (Å²) in [6.45, 7) is 0. The molecule has 3 heterocycles. The van der Waals surface area contributed by atoms with Crippen LogP contribution in [0.4, 0.5) is 0 Å². The fourth-order valence-electron chi connectivity index (χ4n) is 1.69. The van der Waals surface area contributed by atoms with Crippen LogP contribution in [0.15, 0.2) is 52.5 Å². The molecule has 0 radical (unpaired) electrons. The smallest absolute Gasteiger partial charge is 0.343 e. The van der Waals surface area contributed by atoms with Crippen LogP contribution in [-0.4, -0.2) is 30.9 Å². The van der Waals surface area contributed by atoms with Crippen molar-refractivity contribution in [3.8, 4) is 22.8 Å². The zero-order chi connectivity index (χ0) is 13.9. The molecule has 1 atom stereocenters. The molecule has 0 saturated carbocycles. The van der Waals surface area contributed by atoms with Crippen LogP contribution in [0.5, 0.6) is 0 Å². The maximum Gasteiger partial charge on any atom is 0.343 e. The molecule has 20 heavy (non-hydrogen) atoms. The summed E-state index contributed by atoms with van der Waals surface area (Å²) in [7, 11) is 0. The summed E-state index contributed by atoms with van der Waals surface area (Å²) in [6, 6.07) is 8.98. The van der Waals surface area contributed by atoms with Crippen molar-refractivity contribution in [2.45, 2.75) is 5.16 Å². The molecule has 0 aliphatic heterocycles. The van der Waals surface area contributed by atoms with Crippen molar-refractivity contribution in [2.75, 3.05) is 6.26 Å². The van der Waals surface area contributed by atoms with E-state index in [9.17, 15) is 4.55 Å². The number of rotatable bonds is 3. The van der Waals surface area contributed by atoms with Gasteiger partial charge in [0.2, 0.25) is 0 Å². The second-order valence-corrected chi connectivity index (χ2v) is 5.24. The lowest BCUT2D eigenvalue weighted by atomic mass is 10.2. The molecule has 0 amide bonds. The summed E-state index contributed by atoms with van der Waals surface area (Å²) < 4.78 is 16.2. The molecule has 3 aromatic rings. The first-order chi connectivity index (χ1) is 9.74. The van der Waals surface area contributed by atoms with Gasteiger partial charge in [-0.1, -0.05) is 11.2 Å². The van der Waals surface area contributed by atoms with E-state index in [1.165, 1.54) is 6.26 Å². The molecular weight excluding hydrogens is 276 g/mol. The molecule has 0 saturated heterocycles. The van der Waals surface area contributed by atoms with Crippen molar-refractivity contribution in [2.24, 2.45) is 0 Å². The third-order valence-corrected chi connectivity index (χ3v) is 3.31. The summed E-state index contributed by atoms with van der Waals surface area (Å²) in [5.74, 6) is 0. The van der Waals surface area contributed by atoms with E-state index < -0.39 is 11.2 Å². The number of hydrogen-bond donors (Lipinski definition) is 0. The number of nitrogens with zero attached hydrogens (tertiary/aromatic N) is 4. The fraction of sp³-hybridized carbons (Fsp3) is 0.0769. The van der Waals surface area contributed by atoms with E-state index in [0.717, 1.165) is 0 Å². The third-order valence-electron chi connectivity index (χ3n) is 2.60. The van der Waals surface area contributed by atoms with Crippen LogP contribution in [0.1, 0.15) is 0 Å². The number of aromatic nitrogens is 4. The molecule has 0 spiro atoms. The van der Waals surface area contributed by atoms with E-state index in [1.807, 2.05) is 18.2 Å². The van der Waals surface area contributed by atoms with Gasteiger partial charge in [-0.3, -0.25) is 0 Å². The van der Waals surface area contributed by atoms with E-state index in [2.05, 4.69) is 20.1 Å². The Morgan fingerprint density at radius 2 is 1.75 bits per heavy atom. The monoisotopic (exact) mass is 286 g/mol. The zero-order valence-electron chi connectivity index (χ0n) is 10.6. The van der Waals surface area contributed by atoms with Gasteiger partial charge < -0.3 is 9.08 Å². The van der Waals surface area contributed by atoms with E-state index >= 15 is 0 Å². The van der Waals surface area contributed by atoms with E-state index in [0.29, 0.717) is 22.8 Å². The predicted molar refractivity (Wildman–Crippen MR) is 73.1 cm³/mol. The fourth-order valence-corrected chi connectivity index (χ4v) is 2.12. The Morgan fingerprint density at radius 3 is 2.45 bits per heavy atom. The summed E-state index contributed by atoms with van der Waals surface area (Å²) in [6.07, 6.45) is 4.61.